The summed E-state index contributed by atoms with van der Waals surface area (Å²) in [4.78, 5) is 32.5. The number of hydrogen-bond acceptors (Lipinski definition) is 5. The van der Waals surface area contributed by atoms with Crippen LogP contribution in [0.2, 0.25) is 0 Å². The lowest BCUT2D eigenvalue weighted by molar-refractivity contribution is -0.139. The highest BCUT2D eigenvalue weighted by Crippen LogP contribution is 2.45. The van der Waals surface area contributed by atoms with Gasteiger partial charge in [0.2, 0.25) is 5.91 Å². The molecule has 2 aromatic carbocycles. The first-order chi connectivity index (χ1) is 14.0. The number of amides is 1. The van der Waals surface area contributed by atoms with E-state index in [1.165, 1.54) is 11.8 Å². The number of carbonyl (C=O) groups is 2. The molecule has 29 heavy (non-hydrogen) atoms. The first kappa shape index (κ1) is 19.5. The van der Waals surface area contributed by atoms with Crippen molar-refractivity contribution < 1.29 is 14.3 Å². The third kappa shape index (κ3) is 3.49. The summed E-state index contributed by atoms with van der Waals surface area (Å²) < 4.78 is 5.41. The molecule has 1 amide bonds. The topological polar surface area (TPSA) is 59.0 Å². The molecule has 0 aliphatic carbocycles. The Morgan fingerprint density at radius 2 is 1.83 bits per heavy atom. The van der Waals surface area contributed by atoms with Crippen LogP contribution in [0.4, 0.5) is 0 Å². The Bertz CT molecular complexity index is 1010. The van der Waals surface area contributed by atoms with Crippen LogP contribution in [0, 0.1) is 6.92 Å². The van der Waals surface area contributed by atoms with E-state index in [-0.39, 0.29) is 17.8 Å². The normalized spacial score (nSPS) is 21.1. The van der Waals surface area contributed by atoms with Crippen LogP contribution in [0.15, 0.2) is 65.2 Å². The summed E-state index contributed by atoms with van der Waals surface area (Å²) in [5, 5.41) is 0.375. The van der Waals surface area contributed by atoms with E-state index in [0.29, 0.717) is 16.4 Å². The molecule has 148 valence electrons. The molecule has 1 saturated heterocycles. The number of nitrogens with zero attached hydrogens (tertiary/aromatic N) is 2. The number of amidine groups is 1. The number of aliphatic imine (C=N–C) groups is 1. The standard InChI is InChI=1S/C23H22N2O3S/c1-4-28-22(27)18-19(16-8-6-5-7-9-16)24-23-25(21(26)15(3)29-23)20(18)17-12-10-14(2)11-13-17/h5-13,15,20H,4H2,1-3H3/t15-,20-/m0/s1. The lowest BCUT2D eigenvalue weighted by Crippen LogP contribution is -2.40. The van der Waals surface area contributed by atoms with Crippen molar-refractivity contribution >= 4 is 34.5 Å². The first-order valence-electron chi connectivity index (χ1n) is 9.63. The highest BCUT2D eigenvalue weighted by molar-refractivity contribution is 8.15. The van der Waals surface area contributed by atoms with E-state index in [2.05, 4.69) is 0 Å². The van der Waals surface area contributed by atoms with Crippen LogP contribution >= 0.6 is 11.8 Å². The fourth-order valence-corrected chi connectivity index (χ4v) is 4.57. The van der Waals surface area contributed by atoms with Gasteiger partial charge in [0.05, 0.1) is 29.2 Å². The summed E-state index contributed by atoms with van der Waals surface area (Å²) in [6.45, 7) is 5.90. The number of fused-ring (bicyclic) bond motifs is 1. The van der Waals surface area contributed by atoms with Gasteiger partial charge in [0, 0.05) is 5.56 Å². The van der Waals surface area contributed by atoms with Crippen LogP contribution in [-0.4, -0.2) is 33.8 Å². The molecule has 0 N–H and O–H groups in total. The van der Waals surface area contributed by atoms with Crippen LogP contribution in [0.3, 0.4) is 0 Å². The second-order valence-electron chi connectivity index (χ2n) is 7.02. The van der Waals surface area contributed by atoms with Gasteiger partial charge in [-0.05, 0) is 26.3 Å². The van der Waals surface area contributed by atoms with Gasteiger partial charge in [-0.15, -0.1) is 0 Å². The zero-order valence-corrected chi connectivity index (χ0v) is 17.4. The van der Waals surface area contributed by atoms with E-state index in [0.717, 1.165) is 16.7 Å². The van der Waals surface area contributed by atoms with Gasteiger partial charge >= 0.3 is 5.97 Å². The van der Waals surface area contributed by atoms with Crippen LogP contribution < -0.4 is 0 Å². The quantitative estimate of drug-likeness (QED) is 0.709. The molecule has 6 heteroatoms. The molecule has 2 aromatic rings. The molecule has 0 bridgehead atoms. The monoisotopic (exact) mass is 406 g/mol. The molecule has 0 unspecified atom stereocenters. The average Bonchev–Trinajstić information content (AvgIpc) is 3.02. The van der Waals surface area contributed by atoms with Crippen LogP contribution in [-0.2, 0) is 14.3 Å². The zero-order chi connectivity index (χ0) is 20.5. The maximum Gasteiger partial charge on any atom is 0.338 e. The minimum atomic E-state index is -0.567. The molecule has 0 spiro atoms. The minimum Gasteiger partial charge on any atom is -0.463 e. The molecule has 0 saturated carbocycles. The molecule has 0 radical (unpaired) electrons. The Balaban J connectivity index is 1.97. The molecule has 5 nitrogen and oxygen atoms in total. The number of ether oxygens (including phenoxy) is 1. The Labute approximate surface area is 174 Å². The number of benzene rings is 2. The SMILES string of the molecule is CCOC(=O)C1=C(c2ccccc2)N=C2S[C@@H](C)C(=O)N2[C@H]1c1ccc(C)cc1. The van der Waals surface area contributed by atoms with E-state index in [9.17, 15) is 9.59 Å². The Morgan fingerprint density at radius 1 is 1.14 bits per heavy atom. The smallest absolute Gasteiger partial charge is 0.338 e. The highest BCUT2D eigenvalue weighted by Gasteiger charge is 2.47. The van der Waals surface area contributed by atoms with Crippen molar-refractivity contribution in [3.05, 3.63) is 76.9 Å². The average molecular weight is 407 g/mol. The van der Waals surface area contributed by atoms with Gasteiger partial charge in [0.1, 0.15) is 0 Å². The van der Waals surface area contributed by atoms with Gasteiger partial charge in [0.15, 0.2) is 5.17 Å². The number of esters is 1. The van der Waals surface area contributed by atoms with Crippen molar-refractivity contribution in [1.29, 1.82) is 0 Å². The van der Waals surface area contributed by atoms with Crippen LogP contribution in [0.25, 0.3) is 5.70 Å². The van der Waals surface area contributed by atoms with E-state index in [1.54, 1.807) is 11.8 Å². The second kappa shape index (κ2) is 7.87. The summed E-state index contributed by atoms with van der Waals surface area (Å²) in [6.07, 6.45) is 0. The fraction of sp³-hybridized carbons (Fsp3) is 0.261. The Hall–Kier alpha value is -2.86. The molecule has 2 aliphatic rings. The molecule has 4 rings (SSSR count). The summed E-state index contributed by atoms with van der Waals surface area (Å²) >= 11 is 1.42. The molecule has 2 heterocycles. The summed E-state index contributed by atoms with van der Waals surface area (Å²) in [6, 6.07) is 16.9. The highest BCUT2D eigenvalue weighted by atomic mass is 32.2. The summed E-state index contributed by atoms with van der Waals surface area (Å²) in [5.74, 6) is -0.495. The van der Waals surface area contributed by atoms with Crippen molar-refractivity contribution in [2.45, 2.75) is 32.1 Å². The van der Waals surface area contributed by atoms with E-state index in [1.807, 2.05) is 68.4 Å². The van der Waals surface area contributed by atoms with Crippen LogP contribution in [0.5, 0.6) is 0 Å². The van der Waals surface area contributed by atoms with Crippen molar-refractivity contribution in [3.63, 3.8) is 0 Å². The van der Waals surface area contributed by atoms with Gasteiger partial charge in [-0.1, -0.05) is 71.9 Å². The molecule has 0 aromatic heterocycles. The Kier molecular flexibility index (Phi) is 5.28. The minimum absolute atomic E-state index is 0.0479. The number of aryl methyl sites for hydroxylation is 1. The maximum absolute atomic E-state index is 13.1. The molecule has 1 fully saturated rings. The summed E-state index contributed by atoms with van der Waals surface area (Å²) in [5.41, 5.74) is 3.76. The summed E-state index contributed by atoms with van der Waals surface area (Å²) in [7, 11) is 0. The lowest BCUT2D eigenvalue weighted by Gasteiger charge is -2.33. The van der Waals surface area contributed by atoms with Gasteiger partial charge in [-0.3, -0.25) is 9.69 Å². The van der Waals surface area contributed by atoms with E-state index in [4.69, 9.17) is 9.73 Å². The van der Waals surface area contributed by atoms with Crippen molar-refractivity contribution in [2.75, 3.05) is 6.61 Å². The number of carbonyl (C=O) groups excluding carboxylic acids is 2. The Morgan fingerprint density at radius 3 is 2.48 bits per heavy atom. The second-order valence-corrected chi connectivity index (χ2v) is 8.33. The van der Waals surface area contributed by atoms with Gasteiger partial charge in [-0.2, -0.15) is 0 Å². The van der Waals surface area contributed by atoms with E-state index >= 15 is 0 Å². The predicted molar refractivity (Wildman–Crippen MR) is 115 cm³/mol. The molecule has 2 aliphatic heterocycles. The fourth-order valence-electron chi connectivity index (χ4n) is 3.59. The van der Waals surface area contributed by atoms with Crippen molar-refractivity contribution in [1.82, 2.24) is 4.90 Å². The van der Waals surface area contributed by atoms with Gasteiger partial charge in [0.25, 0.3) is 0 Å². The van der Waals surface area contributed by atoms with Gasteiger partial charge < -0.3 is 4.74 Å². The number of hydrogen-bond donors (Lipinski definition) is 0. The third-order valence-corrected chi connectivity index (χ3v) is 6.06. The number of thioether (sulfide) groups is 1. The molecular formula is C23H22N2O3S. The van der Waals surface area contributed by atoms with Crippen LogP contribution in [0.1, 0.15) is 36.6 Å². The molecule has 2 atom stereocenters. The van der Waals surface area contributed by atoms with Crippen molar-refractivity contribution in [3.8, 4) is 0 Å². The van der Waals surface area contributed by atoms with E-state index < -0.39 is 12.0 Å². The lowest BCUT2D eigenvalue weighted by atomic mass is 9.91. The zero-order valence-electron chi connectivity index (χ0n) is 16.6. The van der Waals surface area contributed by atoms with Crippen molar-refractivity contribution in [2.24, 2.45) is 4.99 Å². The number of rotatable bonds is 4. The third-order valence-electron chi connectivity index (χ3n) is 5.00. The molecular weight excluding hydrogens is 384 g/mol. The largest absolute Gasteiger partial charge is 0.463 e. The first-order valence-corrected chi connectivity index (χ1v) is 10.5. The maximum atomic E-state index is 13.1. The van der Waals surface area contributed by atoms with Gasteiger partial charge in [-0.25, -0.2) is 9.79 Å². The predicted octanol–water partition coefficient (Wildman–Crippen LogP) is 4.34.